The van der Waals surface area contributed by atoms with E-state index in [0.29, 0.717) is 0 Å². The van der Waals surface area contributed by atoms with Gasteiger partial charge in [-0.15, -0.1) is 0 Å². The number of rotatable bonds is 5. The number of nitrogens with one attached hydrogen (secondary N) is 1. The molecule has 112 valence electrons. The zero-order chi connectivity index (χ0) is 15.6. The minimum atomic E-state index is -3.89. The van der Waals surface area contributed by atoms with Gasteiger partial charge in [-0.1, -0.05) is 0 Å². The van der Waals surface area contributed by atoms with Crippen LogP contribution in [-0.2, 0) is 14.8 Å². The number of carbonyl (C=O) groups is 1. The maximum absolute atomic E-state index is 12.0. The molecule has 8 nitrogen and oxygen atoms in total. The fourth-order valence-electron chi connectivity index (χ4n) is 1.63. The minimum Gasteiger partial charge on any atom is -0.502 e. The van der Waals surface area contributed by atoms with Crippen LogP contribution in [0.15, 0.2) is 38.4 Å². The molecule has 0 fully saturated rings. The van der Waals surface area contributed by atoms with E-state index in [1.165, 1.54) is 18.2 Å². The molecule has 0 saturated heterocycles. The van der Waals surface area contributed by atoms with Crippen molar-refractivity contribution in [1.29, 1.82) is 0 Å². The second kappa shape index (κ2) is 5.54. The molecule has 0 atom stereocenters. The molecule has 0 bridgehead atoms. The van der Waals surface area contributed by atoms with Crippen molar-refractivity contribution >= 4 is 27.0 Å². The Hall–Kier alpha value is -2.39. The summed E-state index contributed by atoms with van der Waals surface area (Å²) in [7, 11) is -3.89. The Balaban J connectivity index is 2.35. The van der Waals surface area contributed by atoms with E-state index < -0.39 is 27.4 Å². The Bertz CT molecular complexity index is 854. The van der Waals surface area contributed by atoms with Crippen LogP contribution in [0.5, 0.6) is 5.75 Å². The first kappa shape index (κ1) is 15.0. The highest BCUT2D eigenvalue weighted by Crippen LogP contribution is 2.20. The molecule has 1 aromatic carbocycles. The van der Waals surface area contributed by atoms with E-state index in [1.54, 1.807) is 0 Å². The molecule has 1 aromatic heterocycles. The largest absolute Gasteiger partial charge is 0.502 e. The van der Waals surface area contributed by atoms with Gasteiger partial charge in [0, 0.05) is 11.9 Å². The number of aliphatic carboxylic acids is 1. The van der Waals surface area contributed by atoms with Gasteiger partial charge in [0.2, 0.25) is 15.8 Å². The molecule has 0 aliphatic heterocycles. The van der Waals surface area contributed by atoms with E-state index in [-0.39, 0.29) is 28.8 Å². The second-order valence-electron chi connectivity index (χ2n) is 4.16. The lowest BCUT2D eigenvalue weighted by molar-refractivity contribution is -0.136. The van der Waals surface area contributed by atoms with Crippen molar-refractivity contribution in [3.63, 3.8) is 0 Å². The molecule has 0 spiro atoms. The topological polar surface area (TPSA) is 134 Å². The summed E-state index contributed by atoms with van der Waals surface area (Å²) in [5.74, 6) is -1.75. The lowest BCUT2D eigenvalue weighted by atomic mass is 10.2. The van der Waals surface area contributed by atoms with Crippen LogP contribution in [0.4, 0.5) is 0 Å². The molecule has 0 unspecified atom stereocenters. The van der Waals surface area contributed by atoms with Crippen LogP contribution in [0.2, 0.25) is 0 Å². The molecule has 0 saturated carbocycles. The molecule has 2 rings (SSSR count). The molecular weight excluding hydrogens is 302 g/mol. The predicted molar refractivity (Wildman–Crippen MR) is 71.6 cm³/mol. The van der Waals surface area contributed by atoms with Crippen molar-refractivity contribution < 1.29 is 27.8 Å². The van der Waals surface area contributed by atoms with Crippen LogP contribution >= 0.6 is 0 Å². The molecule has 0 amide bonds. The molecule has 2 aromatic rings. The lowest BCUT2D eigenvalue weighted by Gasteiger charge is -2.06. The summed E-state index contributed by atoms with van der Waals surface area (Å²) in [6.45, 7) is -0.245. The highest BCUT2D eigenvalue weighted by atomic mass is 32.2. The SMILES string of the molecule is O=C(O)CCNS(=O)(=O)c1ccc2oc(=O)c(O)cc2c1. The third-order valence-corrected chi connectivity index (χ3v) is 4.09. The Morgan fingerprint density at radius 1 is 1.29 bits per heavy atom. The van der Waals surface area contributed by atoms with Crippen molar-refractivity contribution in [1.82, 2.24) is 4.72 Å². The van der Waals surface area contributed by atoms with Crippen molar-refractivity contribution in [3.8, 4) is 5.75 Å². The summed E-state index contributed by atoms with van der Waals surface area (Å²) in [6, 6.07) is 4.80. The van der Waals surface area contributed by atoms with Crippen molar-refractivity contribution in [3.05, 3.63) is 34.7 Å². The number of aromatic hydroxyl groups is 1. The Morgan fingerprint density at radius 2 is 2.00 bits per heavy atom. The lowest BCUT2D eigenvalue weighted by Crippen LogP contribution is -2.26. The van der Waals surface area contributed by atoms with Crippen LogP contribution in [0.1, 0.15) is 6.42 Å². The van der Waals surface area contributed by atoms with Crippen LogP contribution in [0.3, 0.4) is 0 Å². The number of carboxylic acids is 1. The predicted octanol–water partition coefficient (Wildman–Crippen LogP) is 0.252. The van der Waals surface area contributed by atoms with E-state index in [0.717, 1.165) is 6.07 Å². The van der Waals surface area contributed by atoms with E-state index in [1.807, 2.05) is 0 Å². The summed E-state index contributed by atoms with van der Waals surface area (Å²) in [5, 5.41) is 18.0. The fourth-order valence-corrected chi connectivity index (χ4v) is 2.70. The van der Waals surface area contributed by atoms with Crippen molar-refractivity contribution in [2.24, 2.45) is 0 Å². The van der Waals surface area contributed by atoms with Crippen LogP contribution in [-0.4, -0.2) is 31.1 Å². The van der Waals surface area contributed by atoms with E-state index in [9.17, 15) is 23.1 Å². The summed E-state index contributed by atoms with van der Waals surface area (Å²) in [6.07, 6.45) is -0.345. The Morgan fingerprint density at radius 3 is 2.67 bits per heavy atom. The number of hydrogen-bond acceptors (Lipinski definition) is 6. The van der Waals surface area contributed by atoms with Gasteiger partial charge in [-0.2, -0.15) is 0 Å². The Labute approximate surface area is 118 Å². The number of fused-ring (bicyclic) bond motifs is 1. The van der Waals surface area contributed by atoms with Gasteiger partial charge in [0.25, 0.3) is 0 Å². The Kier molecular flexibility index (Phi) is 3.96. The summed E-state index contributed by atoms with van der Waals surface area (Å²) >= 11 is 0. The molecule has 0 radical (unpaired) electrons. The van der Waals surface area contributed by atoms with Gasteiger partial charge in [-0.3, -0.25) is 4.79 Å². The number of hydrogen-bond donors (Lipinski definition) is 3. The van der Waals surface area contributed by atoms with Crippen LogP contribution in [0, 0.1) is 0 Å². The van der Waals surface area contributed by atoms with Crippen molar-refractivity contribution in [2.45, 2.75) is 11.3 Å². The minimum absolute atomic E-state index is 0.127. The third-order valence-electron chi connectivity index (χ3n) is 2.63. The van der Waals surface area contributed by atoms with Gasteiger partial charge < -0.3 is 14.6 Å². The average Bonchev–Trinajstić information content (AvgIpc) is 2.38. The average molecular weight is 313 g/mol. The van der Waals surface area contributed by atoms with Gasteiger partial charge in [0.15, 0.2) is 0 Å². The van der Waals surface area contributed by atoms with Gasteiger partial charge in [-0.25, -0.2) is 17.9 Å². The first-order chi connectivity index (χ1) is 9.79. The maximum atomic E-state index is 12.0. The van der Waals surface area contributed by atoms with Crippen LogP contribution < -0.4 is 10.3 Å². The first-order valence-electron chi connectivity index (χ1n) is 5.78. The normalized spacial score (nSPS) is 11.6. The quantitative estimate of drug-likeness (QED) is 0.673. The van der Waals surface area contributed by atoms with Gasteiger partial charge >= 0.3 is 11.6 Å². The number of sulfonamides is 1. The molecule has 9 heteroatoms. The molecule has 0 aliphatic carbocycles. The molecule has 0 aliphatic rings. The summed E-state index contributed by atoms with van der Waals surface area (Å²) in [5.41, 5.74) is -0.792. The van der Waals surface area contributed by atoms with Gasteiger partial charge in [0.1, 0.15) is 5.58 Å². The standard InChI is InChI=1S/C12H11NO7S/c14-9-6-7-5-8(1-2-10(7)20-12(9)17)21(18,19)13-4-3-11(15)16/h1-2,5-6,13-14H,3-4H2,(H,15,16). The van der Waals surface area contributed by atoms with E-state index in [4.69, 9.17) is 9.52 Å². The fraction of sp³-hybridized carbons (Fsp3) is 0.167. The first-order valence-corrected chi connectivity index (χ1v) is 7.26. The number of carboxylic acid groups (broad SMARTS) is 1. The monoisotopic (exact) mass is 313 g/mol. The molecule has 21 heavy (non-hydrogen) atoms. The van der Waals surface area contributed by atoms with Crippen LogP contribution in [0.25, 0.3) is 11.0 Å². The zero-order valence-corrected chi connectivity index (χ0v) is 11.4. The second-order valence-corrected chi connectivity index (χ2v) is 5.93. The van der Waals surface area contributed by atoms with Gasteiger partial charge in [0.05, 0.1) is 11.3 Å². The van der Waals surface area contributed by atoms with Crippen molar-refractivity contribution in [2.75, 3.05) is 6.54 Å². The highest BCUT2D eigenvalue weighted by Gasteiger charge is 2.15. The third kappa shape index (κ3) is 3.38. The highest BCUT2D eigenvalue weighted by molar-refractivity contribution is 7.89. The zero-order valence-electron chi connectivity index (χ0n) is 10.6. The van der Waals surface area contributed by atoms with E-state index >= 15 is 0 Å². The summed E-state index contributed by atoms with van der Waals surface area (Å²) in [4.78, 5) is 21.3. The van der Waals surface area contributed by atoms with Gasteiger partial charge in [-0.05, 0) is 24.3 Å². The number of benzene rings is 1. The van der Waals surface area contributed by atoms with E-state index in [2.05, 4.69) is 4.72 Å². The smallest absolute Gasteiger partial charge is 0.378 e. The molecular formula is C12H11NO7S. The maximum Gasteiger partial charge on any atom is 0.378 e. The molecule has 1 heterocycles. The molecule has 3 N–H and O–H groups in total. The summed E-state index contributed by atoms with van der Waals surface area (Å²) < 4.78 is 30.8.